The number of hydroxylamine groups is 2. The van der Waals surface area contributed by atoms with Gasteiger partial charge in [0.15, 0.2) is 6.23 Å². The second-order valence-electron chi connectivity index (χ2n) is 5.67. The minimum absolute atomic E-state index is 0.0231. The van der Waals surface area contributed by atoms with Gasteiger partial charge in [-0.2, -0.15) is 0 Å². The predicted octanol–water partition coefficient (Wildman–Crippen LogP) is 3.51. The number of rotatable bonds is 5. The fraction of sp³-hybridized carbons (Fsp3) is 0.222. The van der Waals surface area contributed by atoms with E-state index < -0.39 is 6.23 Å². The number of hydrogen-bond donors (Lipinski definition) is 1. The molecule has 1 heterocycles. The molecule has 2 aromatic rings. The smallest absolute Gasteiger partial charge is 0.350 e. The SMILES string of the molecule is COc1ccc(NC(=O)CC2ON(C)C(=O)N2c2ccc(Cl)cc2)cc1. The number of carbonyl (C=O) groups is 2. The Morgan fingerprint density at radius 2 is 1.85 bits per heavy atom. The Labute approximate surface area is 156 Å². The standard InChI is InChI=1S/C18H18ClN3O4/c1-21-18(24)22(14-7-3-12(19)4-8-14)17(26-21)11-16(23)20-13-5-9-15(25-2)10-6-13/h3-10,17H,11H2,1-2H3,(H,20,23). The van der Waals surface area contributed by atoms with Crippen molar-refractivity contribution >= 4 is 34.9 Å². The van der Waals surface area contributed by atoms with Crippen LogP contribution in [-0.2, 0) is 9.63 Å². The summed E-state index contributed by atoms with van der Waals surface area (Å²) in [6, 6.07) is 13.4. The van der Waals surface area contributed by atoms with E-state index in [9.17, 15) is 9.59 Å². The molecule has 8 heteroatoms. The first-order chi connectivity index (χ1) is 12.5. The van der Waals surface area contributed by atoms with Crippen molar-refractivity contribution in [3.8, 4) is 5.75 Å². The summed E-state index contributed by atoms with van der Waals surface area (Å²) < 4.78 is 5.09. The van der Waals surface area contributed by atoms with E-state index in [0.717, 1.165) is 5.06 Å². The summed E-state index contributed by atoms with van der Waals surface area (Å²) in [6.45, 7) is 0. The zero-order valence-corrected chi connectivity index (χ0v) is 15.1. The van der Waals surface area contributed by atoms with Crippen LogP contribution in [0.4, 0.5) is 16.2 Å². The Bertz CT molecular complexity index is 795. The van der Waals surface area contributed by atoms with E-state index in [0.29, 0.717) is 22.1 Å². The minimum Gasteiger partial charge on any atom is -0.497 e. The molecule has 2 aromatic carbocycles. The summed E-state index contributed by atoms with van der Waals surface area (Å²) in [5.74, 6) is 0.422. The van der Waals surface area contributed by atoms with Gasteiger partial charge in [0.05, 0.1) is 13.5 Å². The van der Waals surface area contributed by atoms with E-state index in [4.69, 9.17) is 21.2 Å². The molecule has 3 rings (SSSR count). The average Bonchev–Trinajstić information content (AvgIpc) is 2.90. The molecule has 0 aromatic heterocycles. The fourth-order valence-electron chi connectivity index (χ4n) is 2.60. The molecular formula is C18H18ClN3O4. The zero-order valence-electron chi connectivity index (χ0n) is 14.3. The van der Waals surface area contributed by atoms with Crippen LogP contribution in [-0.4, -0.2) is 37.4 Å². The number of hydrogen-bond acceptors (Lipinski definition) is 4. The van der Waals surface area contributed by atoms with E-state index >= 15 is 0 Å². The number of nitrogens with one attached hydrogen (secondary N) is 1. The third-order valence-corrected chi connectivity index (χ3v) is 4.13. The number of methoxy groups -OCH3 is 1. The van der Waals surface area contributed by atoms with E-state index in [2.05, 4.69) is 5.32 Å². The first-order valence-electron chi connectivity index (χ1n) is 7.91. The lowest BCUT2D eigenvalue weighted by Gasteiger charge is -2.20. The van der Waals surface area contributed by atoms with Crippen molar-refractivity contribution in [2.75, 3.05) is 24.4 Å². The van der Waals surface area contributed by atoms with Gasteiger partial charge >= 0.3 is 6.03 Å². The number of urea groups is 1. The molecule has 1 aliphatic rings. The summed E-state index contributed by atoms with van der Waals surface area (Å²) in [4.78, 5) is 31.7. The highest BCUT2D eigenvalue weighted by atomic mass is 35.5. The fourth-order valence-corrected chi connectivity index (χ4v) is 2.73. The Morgan fingerprint density at radius 1 is 1.19 bits per heavy atom. The summed E-state index contributed by atoms with van der Waals surface area (Å²) in [7, 11) is 3.08. The number of carbonyl (C=O) groups excluding carboxylic acids is 2. The zero-order chi connectivity index (χ0) is 18.7. The first-order valence-corrected chi connectivity index (χ1v) is 8.29. The molecule has 0 bridgehead atoms. The molecule has 0 spiro atoms. The van der Waals surface area contributed by atoms with Gasteiger partial charge in [-0.1, -0.05) is 11.6 Å². The van der Waals surface area contributed by atoms with Crippen LogP contribution in [0, 0.1) is 0 Å². The molecule has 1 aliphatic heterocycles. The van der Waals surface area contributed by atoms with Crippen molar-refractivity contribution in [2.45, 2.75) is 12.6 Å². The average molecular weight is 376 g/mol. The van der Waals surface area contributed by atoms with Crippen molar-refractivity contribution in [3.63, 3.8) is 0 Å². The summed E-state index contributed by atoms with van der Waals surface area (Å²) in [5, 5.41) is 4.45. The highest BCUT2D eigenvalue weighted by molar-refractivity contribution is 6.30. The lowest BCUT2D eigenvalue weighted by atomic mass is 10.2. The van der Waals surface area contributed by atoms with Crippen molar-refractivity contribution in [1.82, 2.24) is 5.06 Å². The highest BCUT2D eigenvalue weighted by Gasteiger charge is 2.39. The first kappa shape index (κ1) is 18.0. The van der Waals surface area contributed by atoms with Crippen LogP contribution in [0.1, 0.15) is 6.42 Å². The molecule has 1 atom stereocenters. The molecule has 0 saturated carbocycles. The predicted molar refractivity (Wildman–Crippen MR) is 98.2 cm³/mol. The molecule has 0 radical (unpaired) electrons. The van der Waals surface area contributed by atoms with Crippen LogP contribution < -0.4 is 15.0 Å². The number of nitrogens with zero attached hydrogens (tertiary/aromatic N) is 2. The van der Waals surface area contributed by atoms with Crippen molar-refractivity contribution in [3.05, 3.63) is 53.6 Å². The van der Waals surface area contributed by atoms with Gasteiger partial charge in [0.2, 0.25) is 5.91 Å². The van der Waals surface area contributed by atoms with Gasteiger partial charge in [-0.15, -0.1) is 0 Å². The van der Waals surface area contributed by atoms with Gasteiger partial charge in [0.1, 0.15) is 5.75 Å². The van der Waals surface area contributed by atoms with Crippen LogP contribution in [0.15, 0.2) is 48.5 Å². The molecular weight excluding hydrogens is 358 g/mol. The number of benzene rings is 2. The molecule has 136 valence electrons. The second kappa shape index (κ2) is 7.63. The number of anilines is 2. The molecule has 3 amide bonds. The lowest BCUT2D eigenvalue weighted by molar-refractivity contribution is -0.129. The molecule has 1 N–H and O–H groups in total. The maximum atomic E-state index is 12.4. The third-order valence-electron chi connectivity index (χ3n) is 3.88. The largest absolute Gasteiger partial charge is 0.497 e. The van der Waals surface area contributed by atoms with Gasteiger partial charge in [-0.05, 0) is 48.5 Å². The van der Waals surface area contributed by atoms with E-state index in [1.807, 2.05) is 0 Å². The summed E-state index contributed by atoms with van der Waals surface area (Å²) in [5.41, 5.74) is 1.23. The van der Waals surface area contributed by atoms with Gasteiger partial charge in [0, 0.05) is 23.4 Å². The molecule has 7 nitrogen and oxygen atoms in total. The van der Waals surface area contributed by atoms with E-state index in [-0.39, 0.29) is 18.4 Å². The highest BCUT2D eigenvalue weighted by Crippen LogP contribution is 2.28. The second-order valence-corrected chi connectivity index (χ2v) is 6.10. The minimum atomic E-state index is -0.744. The molecule has 1 saturated heterocycles. The number of halogens is 1. The van der Waals surface area contributed by atoms with Gasteiger partial charge in [0.25, 0.3) is 0 Å². The van der Waals surface area contributed by atoms with Gasteiger partial charge in [-0.25, -0.2) is 14.7 Å². The van der Waals surface area contributed by atoms with E-state index in [1.54, 1.807) is 55.6 Å². The van der Waals surface area contributed by atoms with Crippen molar-refractivity contribution in [1.29, 1.82) is 0 Å². The summed E-state index contributed by atoms with van der Waals surface area (Å²) >= 11 is 5.90. The monoisotopic (exact) mass is 375 g/mol. The van der Waals surface area contributed by atoms with Crippen molar-refractivity contribution < 1.29 is 19.2 Å². The van der Waals surface area contributed by atoms with Crippen molar-refractivity contribution in [2.24, 2.45) is 0 Å². The molecule has 1 fully saturated rings. The van der Waals surface area contributed by atoms with E-state index in [1.165, 1.54) is 11.9 Å². The summed E-state index contributed by atoms with van der Waals surface area (Å²) in [6.07, 6.45) is -0.767. The van der Waals surface area contributed by atoms with Crippen LogP contribution in [0.3, 0.4) is 0 Å². The topological polar surface area (TPSA) is 71.1 Å². The van der Waals surface area contributed by atoms with Crippen LogP contribution in [0.2, 0.25) is 5.02 Å². The lowest BCUT2D eigenvalue weighted by Crippen LogP contribution is -2.36. The quantitative estimate of drug-likeness (QED) is 0.868. The Hall–Kier alpha value is -2.77. The Balaban J connectivity index is 1.70. The maximum Gasteiger partial charge on any atom is 0.350 e. The normalized spacial score (nSPS) is 16.7. The molecule has 0 aliphatic carbocycles. The van der Waals surface area contributed by atoms with Crippen LogP contribution in [0.5, 0.6) is 5.75 Å². The van der Waals surface area contributed by atoms with Crippen LogP contribution >= 0.6 is 11.6 Å². The maximum absolute atomic E-state index is 12.4. The van der Waals surface area contributed by atoms with Crippen LogP contribution in [0.25, 0.3) is 0 Å². The Morgan fingerprint density at radius 3 is 2.46 bits per heavy atom. The van der Waals surface area contributed by atoms with Gasteiger partial charge in [-0.3, -0.25) is 9.69 Å². The molecule has 26 heavy (non-hydrogen) atoms. The third kappa shape index (κ3) is 3.89. The van der Waals surface area contributed by atoms with Gasteiger partial charge < -0.3 is 10.1 Å². The molecule has 1 unspecified atom stereocenters. The number of ether oxygens (including phenoxy) is 1. The Kier molecular flexibility index (Phi) is 5.29. The number of amides is 3.